The quantitative estimate of drug-likeness (QED) is 0.699. The van der Waals surface area contributed by atoms with Crippen LogP contribution in [0.4, 0.5) is 11.6 Å². The Morgan fingerprint density at radius 1 is 1.44 bits per heavy atom. The zero-order valence-electron chi connectivity index (χ0n) is 10.1. The average molecular weight is 224 g/mol. The van der Waals surface area contributed by atoms with Crippen LogP contribution >= 0.6 is 0 Å². The lowest BCUT2D eigenvalue weighted by atomic mass is 10.0. The molecule has 0 saturated carbocycles. The zero-order chi connectivity index (χ0) is 12.2. The normalized spacial score (nSPS) is 14.5. The minimum absolute atomic E-state index is 0.448. The van der Waals surface area contributed by atoms with Crippen molar-refractivity contribution in [3.8, 4) is 0 Å². The van der Waals surface area contributed by atoms with Crippen molar-refractivity contribution in [2.45, 2.75) is 39.2 Å². The molecular formula is C11H20N4O. The maximum atomic E-state index is 9.84. The average Bonchev–Trinajstić information content (AvgIpc) is 2.26. The monoisotopic (exact) mass is 224 g/mol. The Bertz CT molecular complexity index is 352. The standard InChI is InChI=1S/C11H20N4O/c1-4-9-14-8(12)6-10(15-9)13-7-11(3,16)5-2/h6,16H,4-5,7H2,1-3H3,(H3,12,13,14,15). The summed E-state index contributed by atoms with van der Waals surface area (Å²) < 4.78 is 0. The van der Waals surface area contributed by atoms with Crippen LogP contribution in [0.5, 0.6) is 0 Å². The van der Waals surface area contributed by atoms with Crippen molar-refractivity contribution < 1.29 is 5.11 Å². The van der Waals surface area contributed by atoms with Gasteiger partial charge in [-0.05, 0) is 13.3 Å². The van der Waals surface area contributed by atoms with Crippen molar-refractivity contribution in [3.05, 3.63) is 11.9 Å². The molecule has 1 aromatic rings. The summed E-state index contributed by atoms with van der Waals surface area (Å²) >= 11 is 0. The first-order valence-corrected chi connectivity index (χ1v) is 5.56. The van der Waals surface area contributed by atoms with Gasteiger partial charge in [-0.3, -0.25) is 0 Å². The Labute approximate surface area is 96.1 Å². The van der Waals surface area contributed by atoms with Crippen LogP contribution in [0.1, 0.15) is 33.0 Å². The van der Waals surface area contributed by atoms with E-state index in [0.717, 1.165) is 6.42 Å². The van der Waals surface area contributed by atoms with Crippen LogP contribution in [-0.4, -0.2) is 27.2 Å². The highest BCUT2D eigenvalue weighted by Gasteiger charge is 2.17. The minimum Gasteiger partial charge on any atom is -0.388 e. The van der Waals surface area contributed by atoms with Gasteiger partial charge in [-0.25, -0.2) is 9.97 Å². The highest BCUT2D eigenvalue weighted by molar-refractivity contribution is 5.44. The van der Waals surface area contributed by atoms with Gasteiger partial charge in [0.15, 0.2) is 0 Å². The fourth-order valence-corrected chi connectivity index (χ4v) is 1.17. The number of nitrogens with zero attached hydrogens (tertiary/aromatic N) is 2. The SMILES string of the molecule is CCc1nc(N)cc(NCC(C)(O)CC)n1. The fourth-order valence-electron chi connectivity index (χ4n) is 1.17. The van der Waals surface area contributed by atoms with Gasteiger partial charge in [0.2, 0.25) is 0 Å². The van der Waals surface area contributed by atoms with E-state index in [4.69, 9.17) is 5.73 Å². The van der Waals surface area contributed by atoms with Crippen molar-refractivity contribution in [2.75, 3.05) is 17.6 Å². The summed E-state index contributed by atoms with van der Waals surface area (Å²) in [4.78, 5) is 8.36. The smallest absolute Gasteiger partial charge is 0.132 e. The minimum atomic E-state index is -0.730. The van der Waals surface area contributed by atoms with E-state index in [9.17, 15) is 5.11 Å². The third-order valence-electron chi connectivity index (χ3n) is 2.52. The number of aryl methyl sites for hydroxylation is 1. The van der Waals surface area contributed by atoms with Gasteiger partial charge >= 0.3 is 0 Å². The molecule has 0 saturated heterocycles. The summed E-state index contributed by atoms with van der Waals surface area (Å²) in [5.74, 6) is 1.82. The molecule has 0 amide bonds. The topological polar surface area (TPSA) is 84.1 Å². The lowest BCUT2D eigenvalue weighted by Crippen LogP contribution is -2.32. The van der Waals surface area contributed by atoms with E-state index >= 15 is 0 Å². The third kappa shape index (κ3) is 3.66. The molecule has 16 heavy (non-hydrogen) atoms. The predicted octanol–water partition coefficient (Wildman–Crippen LogP) is 1.19. The molecule has 0 spiro atoms. The van der Waals surface area contributed by atoms with Gasteiger partial charge in [0, 0.05) is 19.0 Å². The van der Waals surface area contributed by atoms with E-state index in [1.54, 1.807) is 13.0 Å². The van der Waals surface area contributed by atoms with Gasteiger partial charge in [0.1, 0.15) is 17.5 Å². The first-order valence-electron chi connectivity index (χ1n) is 5.56. The Hall–Kier alpha value is -1.36. The molecule has 0 aliphatic rings. The second-order valence-electron chi connectivity index (χ2n) is 4.15. The van der Waals surface area contributed by atoms with Gasteiger partial charge in [0.25, 0.3) is 0 Å². The summed E-state index contributed by atoms with van der Waals surface area (Å²) in [6.45, 7) is 6.14. The highest BCUT2D eigenvalue weighted by atomic mass is 16.3. The predicted molar refractivity (Wildman–Crippen MR) is 65.2 cm³/mol. The van der Waals surface area contributed by atoms with E-state index < -0.39 is 5.60 Å². The molecule has 0 aliphatic heterocycles. The lowest BCUT2D eigenvalue weighted by Gasteiger charge is -2.22. The summed E-state index contributed by atoms with van der Waals surface area (Å²) in [5, 5.41) is 12.9. The lowest BCUT2D eigenvalue weighted by molar-refractivity contribution is 0.0696. The Kier molecular flexibility index (Phi) is 4.06. The van der Waals surface area contributed by atoms with Crippen molar-refractivity contribution in [1.29, 1.82) is 0 Å². The molecule has 1 aromatic heterocycles. The van der Waals surface area contributed by atoms with Crippen LogP contribution < -0.4 is 11.1 Å². The fraction of sp³-hybridized carbons (Fsp3) is 0.636. The molecular weight excluding hydrogens is 204 g/mol. The van der Waals surface area contributed by atoms with E-state index in [0.29, 0.717) is 30.4 Å². The molecule has 1 atom stereocenters. The van der Waals surface area contributed by atoms with Crippen molar-refractivity contribution in [3.63, 3.8) is 0 Å². The van der Waals surface area contributed by atoms with Gasteiger partial charge in [-0.1, -0.05) is 13.8 Å². The first kappa shape index (κ1) is 12.7. The maximum Gasteiger partial charge on any atom is 0.132 e. The van der Waals surface area contributed by atoms with Gasteiger partial charge < -0.3 is 16.2 Å². The summed E-state index contributed by atoms with van der Waals surface area (Å²) in [5.41, 5.74) is 4.92. The second kappa shape index (κ2) is 5.12. The second-order valence-corrected chi connectivity index (χ2v) is 4.15. The molecule has 90 valence electrons. The highest BCUT2D eigenvalue weighted by Crippen LogP contribution is 2.12. The molecule has 5 nitrogen and oxygen atoms in total. The summed E-state index contributed by atoms with van der Waals surface area (Å²) in [6, 6.07) is 1.67. The number of hydrogen-bond donors (Lipinski definition) is 3. The number of aliphatic hydroxyl groups is 1. The number of hydrogen-bond acceptors (Lipinski definition) is 5. The molecule has 1 rings (SSSR count). The van der Waals surface area contributed by atoms with Crippen LogP contribution in [-0.2, 0) is 6.42 Å². The molecule has 4 N–H and O–H groups in total. The number of nitrogen functional groups attached to an aromatic ring is 1. The van der Waals surface area contributed by atoms with Crippen LogP contribution in [0.3, 0.4) is 0 Å². The molecule has 0 aromatic carbocycles. The van der Waals surface area contributed by atoms with Gasteiger partial charge in [-0.2, -0.15) is 0 Å². The third-order valence-corrected chi connectivity index (χ3v) is 2.52. The number of nitrogens with one attached hydrogen (secondary N) is 1. The van der Waals surface area contributed by atoms with Crippen LogP contribution in [0.15, 0.2) is 6.07 Å². The largest absolute Gasteiger partial charge is 0.388 e. The van der Waals surface area contributed by atoms with Gasteiger partial charge in [-0.15, -0.1) is 0 Å². The number of nitrogens with two attached hydrogens (primary N) is 1. The molecule has 1 unspecified atom stereocenters. The van der Waals surface area contributed by atoms with E-state index in [1.807, 2.05) is 13.8 Å². The molecule has 0 fully saturated rings. The summed E-state index contributed by atoms with van der Waals surface area (Å²) in [7, 11) is 0. The van der Waals surface area contributed by atoms with Crippen LogP contribution in [0, 0.1) is 0 Å². The molecule has 5 heteroatoms. The number of rotatable bonds is 5. The Morgan fingerprint density at radius 3 is 2.69 bits per heavy atom. The molecule has 0 aliphatic carbocycles. The maximum absolute atomic E-state index is 9.84. The molecule has 0 radical (unpaired) electrons. The van der Waals surface area contributed by atoms with Crippen molar-refractivity contribution in [2.24, 2.45) is 0 Å². The molecule has 1 heterocycles. The summed E-state index contributed by atoms with van der Waals surface area (Å²) in [6.07, 6.45) is 1.42. The van der Waals surface area contributed by atoms with Crippen molar-refractivity contribution >= 4 is 11.6 Å². The first-order chi connectivity index (χ1) is 7.46. The zero-order valence-corrected chi connectivity index (χ0v) is 10.1. The number of anilines is 2. The molecule has 0 bridgehead atoms. The Balaban J connectivity index is 2.70. The van der Waals surface area contributed by atoms with E-state index in [1.165, 1.54) is 0 Å². The van der Waals surface area contributed by atoms with Crippen molar-refractivity contribution in [1.82, 2.24) is 9.97 Å². The van der Waals surface area contributed by atoms with E-state index in [2.05, 4.69) is 15.3 Å². The van der Waals surface area contributed by atoms with E-state index in [-0.39, 0.29) is 0 Å². The van der Waals surface area contributed by atoms with Crippen LogP contribution in [0.2, 0.25) is 0 Å². The number of aromatic nitrogens is 2. The Morgan fingerprint density at radius 2 is 2.12 bits per heavy atom. The van der Waals surface area contributed by atoms with Gasteiger partial charge in [0.05, 0.1) is 5.60 Å². The van der Waals surface area contributed by atoms with Crippen LogP contribution in [0.25, 0.3) is 0 Å².